The topological polar surface area (TPSA) is 99.7 Å². The van der Waals surface area contributed by atoms with Crippen LogP contribution in [0.15, 0.2) is 30.5 Å². The van der Waals surface area contributed by atoms with E-state index in [1.165, 1.54) is 12.8 Å². The Kier molecular flexibility index (Phi) is 7.62. The predicted molar refractivity (Wildman–Crippen MR) is 133 cm³/mol. The molecule has 1 fully saturated rings. The van der Waals surface area contributed by atoms with Crippen LogP contribution in [0.4, 0.5) is 23.1 Å². The van der Waals surface area contributed by atoms with E-state index in [0.717, 1.165) is 36.5 Å². The second-order valence-electron chi connectivity index (χ2n) is 9.10. The molecule has 1 atom stereocenters. The highest BCUT2D eigenvalue weighted by Gasteiger charge is 2.35. The summed E-state index contributed by atoms with van der Waals surface area (Å²) in [5, 5.41) is 6.13. The quantitative estimate of drug-likeness (QED) is 0.576. The van der Waals surface area contributed by atoms with Gasteiger partial charge in [0.2, 0.25) is 11.9 Å². The van der Waals surface area contributed by atoms with Gasteiger partial charge in [-0.2, -0.15) is 4.98 Å². The number of nitrogens with zero attached hydrogens (tertiary/aromatic N) is 4. The van der Waals surface area contributed by atoms with Gasteiger partial charge in [-0.1, -0.05) is 19.8 Å². The molecule has 2 heterocycles. The zero-order valence-electron chi connectivity index (χ0n) is 20.2. The summed E-state index contributed by atoms with van der Waals surface area (Å²) in [7, 11) is 3.44. The Morgan fingerprint density at radius 2 is 1.94 bits per heavy atom. The Labute approximate surface area is 200 Å². The minimum absolute atomic E-state index is 0.0853. The molecule has 0 radical (unpaired) electrons. The summed E-state index contributed by atoms with van der Waals surface area (Å²) >= 11 is 0. The molecule has 1 aliphatic heterocycles. The summed E-state index contributed by atoms with van der Waals surface area (Å²) in [5.41, 5.74) is 2.12. The van der Waals surface area contributed by atoms with Gasteiger partial charge in [0.25, 0.3) is 5.91 Å². The van der Waals surface area contributed by atoms with Gasteiger partial charge in [-0.05, 0) is 43.5 Å². The van der Waals surface area contributed by atoms with Gasteiger partial charge in [0.15, 0.2) is 5.82 Å². The maximum atomic E-state index is 12.8. The van der Waals surface area contributed by atoms with E-state index in [2.05, 4.69) is 20.5 Å². The van der Waals surface area contributed by atoms with Crippen molar-refractivity contribution in [2.45, 2.75) is 45.1 Å². The van der Waals surface area contributed by atoms with E-state index in [1.54, 1.807) is 37.4 Å². The molecule has 1 aromatic heterocycles. The van der Waals surface area contributed by atoms with Gasteiger partial charge in [0.05, 0.1) is 12.1 Å². The molecule has 2 aliphatic rings. The van der Waals surface area contributed by atoms with Crippen LogP contribution in [0.5, 0.6) is 0 Å². The zero-order chi connectivity index (χ0) is 24.1. The Hall–Kier alpha value is -3.20. The lowest BCUT2D eigenvalue weighted by Gasteiger charge is -2.31. The van der Waals surface area contributed by atoms with Crippen molar-refractivity contribution in [3.63, 3.8) is 0 Å². The summed E-state index contributed by atoms with van der Waals surface area (Å²) in [6.45, 7) is 3.83. The Morgan fingerprint density at radius 3 is 2.65 bits per heavy atom. The minimum Gasteiger partial charge on any atom is -0.385 e. The summed E-state index contributed by atoms with van der Waals surface area (Å²) in [6.07, 6.45) is 7.14. The lowest BCUT2D eigenvalue weighted by atomic mass is 10.1. The number of aromatic nitrogens is 2. The highest BCUT2D eigenvalue weighted by Crippen LogP contribution is 2.37. The number of nitrogens with one attached hydrogen (secondary N) is 2. The molecule has 34 heavy (non-hydrogen) atoms. The molecule has 0 spiro atoms. The van der Waals surface area contributed by atoms with Gasteiger partial charge >= 0.3 is 0 Å². The van der Waals surface area contributed by atoms with Crippen LogP contribution in [-0.2, 0) is 9.53 Å². The van der Waals surface area contributed by atoms with Crippen LogP contribution in [-0.4, -0.2) is 61.7 Å². The van der Waals surface area contributed by atoms with E-state index >= 15 is 0 Å². The van der Waals surface area contributed by atoms with Crippen LogP contribution in [0.2, 0.25) is 0 Å². The third-order valence-electron chi connectivity index (χ3n) is 6.59. The first-order chi connectivity index (χ1) is 16.5. The van der Waals surface area contributed by atoms with E-state index < -0.39 is 0 Å². The van der Waals surface area contributed by atoms with Gasteiger partial charge in [0, 0.05) is 51.1 Å². The summed E-state index contributed by atoms with van der Waals surface area (Å²) in [4.78, 5) is 38.4. The lowest BCUT2D eigenvalue weighted by Crippen LogP contribution is -2.38. The van der Waals surface area contributed by atoms with Crippen LogP contribution in [0.3, 0.4) is 0 Å². The van der Waals surface area contributed by atoms with Crippen molar-refractivity contribution in [1.29, 1.82) is 0 Å². The highest BCUT2D eigenvalue weighted by molar-refractivity contribution is 5.98. The molecule has 4 rings (SSSR count). The van der Waals surface area contributed by atoms with Crippen molar-refractivity contribution in [2.75, 3.05) is 49.0 Å². The fourth-order valence-electron chi connectivity index (χ4n) is 4.68. The van der Waals surface area contributed by atoms with Crippen LogP contribution in [0.25, 0.3) is 0 Å². The highest BCUT2D eigenvalue weighted by atomic mass is 16.5. The molecule has 0 saturated heterocycles. The molecule has 9 nitrogen and oxygen atoms in total. The Morgan fingerprint density at radius 1 is 1.21 bits per heavy atom. The average Bonchev–Trinajstić information content (AvgIpc) is 3.36. The molecule has 9 heteroatoms. The fraction of sp³-hybridized carbons (Fsp3) is 0.520. The minimum atomic E-state index is -0.113. The molecule has 2 aromatic rings. The molecule has 2 N–H and O–H groups in total. The van der Waals surface area contributed by atoms with Gasteiger partial charge in [-0.3, -0.25) is 9.59 Å². The SMILES string of the molecule is COCCCNC(=O)c1ccc(Nc2ncc3c(n2)N(C2CCCC2)CC(C)C(=O)N3C)cc1. The molecule has 1 aromatic carbocycles. The number of carbonyl (C=O) groups is 2. The standard InChI is InChI=1S/C25H34N6O3/c1-17-16-31(20-7-4-5-8-20)22-21(30(2)24(17)33)15-27-25(29-22)28-19-11-9-18(10-12-19)23(32)26-13-6-14-34-3/h9-12,15,17,20H,4-8,13-14,16H2,1-3H3,(H,26,32)(H,27,28,29). The van der Waals surface area contributed by atoms with Crippen molar-refractivity contribution >= 4 is 35.0 Å². The smallest absolute Gasteiger partial charge is 0.251 e. The summed E-state index contributed by atoms with van der Waals surface area (Å²) < 4.78 is 5.00. The zero-order valence-corrected chi connectivity index (χ0v) is 20.2. The molecule has 1 unspecified atom stereocenters. The maximum Gasteiger partial charge on any atom is 0.251 e. The summed E-state index contributed by atoms with van der Waals surface area (Å²) in [6, 6.07) is 7.62. The van der Waals surface area contributed by atoms with Gasteiger partial charge in [-0.25, -0.2) is 4.98 Å². The third kappa shape index (κ3) is 5.30. The lowest BCUT2D eigenvalue weighted by molar-refractivity contribution is -0.121. The normalized spacial score (nSPS) is 18.6. The van der Waals surface area contributed by atoms with Crippen molar-refractivity contribution in [3.8, 4) is 0 Å². The van der Waals surface area contributed by atoms with E-state index in [4.69, 9.17) is 9.72 Å². The molecular formula is C25H34N6O3. The second-order valence-corrected chi connectivity index (χ2v) is 9.10. The number of fused-ring (bicyclic) bond motifs is 1. The molecule has 1 aliphatic carbocycles. The number of methoxy groups -OCH3 is 1. The number of amides is 2. The van der Waals surface area contributed by atoms with Crippen molar-refractivity contribution in [1.82, 2.24) is 15.3 Å². The first kappa shape index (κ1) is 23.9. The summed E-state index contributed by atoms with van der Waals surface area (Å²) in [5.74, 6) is 1.13. The first-order valence-corrected chi connectivity index (χ1v) is 12.0. The second kappa shape index (κ2) is 10.8. The van der Waals surface area contributed by atoms with E-state index in [1.807, 2.05) is 19.1 Å². The first-order valence-electron chi connectivity index (χ1n) is 12.0. The van der Waals surface area contributed by atoms with Crippen molar-refractivity contribution in [3.05, 3.63) is 36.0 Å². The van der Waals surface area contributed by atoms with Gasteiger partial charge < -0.3 is 25.2 Å². The fourth-order valence-corrected chi connectivity index (χ4v) is 4.68. The van der Waals surface area contributed by atoms with Crippen molar-refractivity contribution < 1.29 is 14.3 Å². The van der Waals surface area contributed by atoms with E-state index in [-0.39, 0.29) is 17.7 Å². The molecule has 0 bridgehead atoms. The van der Waals surface area contributed by atoms with Crippen LogP contribution in [0.1, 0.15) is 49.4 Å². The number of anilines is 4. The number of hydrogen-bond acceptors (Lipinski definition) is 7. The predicted octanol–water partition coefficient (Wildman–Crippen LogP) is 3.35. The number of hydrogen-bond donors (Lipinski definition) is 2. The molecule has 1 saturated carbocycles. The number of rotatable bonds is 8. The van der Waals surface area contributed by atoms with Crippen LogP contribution < -0.4 is 20.4 Å². The van der Waals surface area contributed by atoms with Gasteiger partial charge in [0.1, 0.15) is 5.69 Å². The van der Waals surface area contributed by atoms with Crippen molar-refractivity contribution in [2.24, 2.45) is 5.92 Å². The number of ether oxygens (including phenoxy) is 1. The van der Waals surface area contributed by atoms with E-state index in [0.29, 0.717) is 37.3 Å². The number of benzene rings is 1. The van der Waals surface area contributed by atoms with E-state index in [9.17, 15) is 9.59 Å². The molecule has 2 amide bonds. The third-order valence-corrected chi connectivity index (χ3v) is 6.59. The Bertz CT molecular complexity index is 1010. The Balaban J connectivity index is 1.51. The monoisotopic (exact) mass is 466 g/mol. The van der Waals surface area contributed by atoms with Crippen LogP contribution >= 0.6 is 0 Å². The largest absolute Gasteiger partial charge is 0.385 e. The van der Waals surface area contributed by atoms with Gasteiger partial charge in [-0.15, -0.1) is 0 Å². The average molecular weight is 467 g/mol. The van der Waals surface area contributed by atoms with Crippen LogP contribution in [0, 0.1) is 5.92 Å². The molecule has 182 valence electrons. The number of carbonyl (C=O) groups excluding carboxylic acids is 2. The maximum absolute atomic E-state index is 12.8. The molecular weight excluding hydrogens is 432 g/mol.